The van der Waals surface area contributed by atoms with E-state index < -0.39 is 6.23 Å². The second-order valence-corrected chi connectivity index (χ2v) is 3.57. The summed E-state index contributed by atoms with van der Waals surface area (Å²) in [4.78, 5) is 0.221. The van der Waals surface area contributed by atoms with Crippen molar-refractivity contribution in [1.82, 2.24) is 0 Å². The molecule has 0 saturated heterocycles. The van der Waals surface area contributed by atoms with Gasteiger partial charge in [-0.25, -0.2) is 0 Å². The third-order valence-corrected chi connectivity index (χ3v) is 1.94. The third kappa shape index (κ3) is 5.18. The highest BCUT2D eigenvalue weighted by atomic mass is 79.9. The molecule has 0 aromatic rings. The number of alkyl halides is 1. The van der Waals surface area contributed by atoms with Crippen molar-refractivity contribution in [3.8, 4) is 0 Å². The van der Waals surface area contributed by atoms with Crippen molar-refractivity contribution in [3.63, 3.8) is 0 Å². The van der Waals surface area contributed by atoms with Crippen LogP contribution in [0.15, 0.2) is 24.3 Å². The van der Waals surface area contributed by atoms with Gasteiger partial charge in [0.25, 0.3) is 0 Å². The highest BCUT2D eigenvalue weighted by Gasteiger charge is 2.01. The van der Waals surface area contributed by atoms with E-state index in [-0.39, 0.29) is 4.83 Å². The molecule has 0 fully saturated rings. The Morgan fingerprint density at radius 1 is 1.82 bits per heavy atom. The highest BCUT2D eigenvalue weighted by molar-refractivity contribution is 9.09. The van der Waals surface area contributed by atoms with Crippen LogP contribution >= 0.6 is 15.9 Å². The van der Waals surface area contributed by atoms with Gasteiger partial charge in [-0.3, -0.25) is 0 Å². The lowest BCUT2D eigenvalue weighted by Gasteiger charge is -2.06. The van der Waals surface area contributed by atoms with Crippen LogP contribution in [0.4, 0.5) is 0 Å². The first-order chi connectivity index (χ1) is 5.07. The third-order valence-electron chi connectivity index (χ3n) is 1.30. The minimum absolute atomic E-state index is 0.221. The van der Waals surface area contributed by atoms with Crippen LogP contribution in [0.1, 0.15) is 13.3 Å². The Hall–Kier alpha value is -0.120. The summed E-state index contributed by atoms with van der Waals surface area (Å²) in [5, 5.41) is 8.90. The average molecular weight is 220 g/mol. The molecule has 0 aromatic heterocycles. The molecule has 0 amide bonds. The Morgan fingerprint density at radius 2 is 2.36 bits per heavy atom. The number of nitrogens with two attached hydrogens (primary N) is 1. The first-order valence-electron chi connectivity index (χ1n) is 3.45. The molecule has 3 heteroatoms. The SMILES string of the molecule is C=CCC(Br)C=C(C)C(N)O. The van der Waals surface area contributed by atoms with Gasteiger partial charge in [0.2, 0.25) is 0 Å². The molecule has 0 aliphatic heterocycles. The van der Waals surface area contributed by atoms with E-state index in [1.807, 2.05) is 12.2 Å². The fourth-order valence-corrected chi connectivity index (χ4v) is 1.29. The van der Waals surface area contributed by atoms with Gasteiger partial charge < -0.3 is 10.8 Å². The molecule has 0 aromatic carbocycles. The molecule has 0 saturated carbocycles. The molecule has 11 heavy (non-hydrogen) atoms. The first kappa shape index (κ1) is 10.9. The number of rotatable bonds is 4. The lowest BCUT2D eigenvalue weighted by Crippen LogP contribution is -2.20. The van der Waals surface area contributed by atoms with E-state index in [4.69, 9.17) is 10.8 Å². The van der Waals surface area contributed by atoms with Gasteiger partial charge in [-0.15, -0.1) is 6.58 Å². The number of allylic oxidation sites excluding steroid dienone is 2. The van der Waals surface area contributed by atoms with Crippen LogP contribution in [0.3, 0.4) is 0 Å². The van der Waals surface area contributed by atoms with Gasteiger partial charge in [0.1, 0.15) is 6.23 Å². The summed E-state index contributed by atoms with van der Waals surface area (Å²) in [7, 11) is 0. The molecule has 0 rings (SSSR count). The van der Waals surface area contributed by atoms with E-state index in [2.05, 4.69) is 22.5 Å². The molecule has 0 aliphatic rings. The largest absolute Gasteiger partial charge is 0.375 e. The topological polar surface area (TPSA) is 46.2 Å². The van der Waals surface area contributed by atoms with E-state index in [0.717, 1.165) is 12.0 Å². The Morgan fingerprint density at radius 3 is 2.73 bits per heavy atom. The van der Waals surface area contributed by atoms with Crippen molar-refractivity contribution in [3.05, 3.63) is 24.3 Å². The van der Waals surface area contributed by atoms with Gasteiger partial charge in [0.05, 0.1) is 0 Å². The fraction of sp³-hybridized carbons (Fsp3) is 0.500. The lowest BCUT2D eigenvalue weighted by atomic mass is 10.2. The second-order valence-electron chi connectivity index (χ2n) is 2.40. The molecule has 64 valence electrons. The maximum absolute atomic E-state index is 8.90. The summed E-state index contributed by atoms with van der Waals surface area (Å²) in [5.74, 6) is 0. The average Bonchev–Trinajstić information content (AvgIpc) is 1.87. The van der Waals surface area contributed by atoms with Crippen molar-refractivity contribution in [2.75, 3.05) is 0 Å². The molecule has 2 unspecified atom stereocenters. The fourth-order valence-electron chi connectivity index (χ4n) is 0.611. The number of hydrogen-bond donors (Lipinski definition) is 2. The molecule has 0 bridgehead atoms. The van der Waals surface area contributed by atoms with Crippen molar-refractivity contribution >= 4 is 15.9 Å². The monoisotopic (exact) mass is 219 g/mol. The minimum atomic E-state index is -0.847. The van der Waals surface area contributed by atoms with Crippen LogP contribution in [0, 0.1) is 0 Å². The molecule has 0 aliphatic carbocycles. The van der Waals surface area contributed by atoms with Crippen LogP contribution in [-0.2, 0) is 0 Å². The van der Waals surface area contributed by atoms with Gasteiger partial charge in [-0.1, -0.05) is 28.1 Å². The summed E-state index contributed by atoms with van der Waals surface area (Å²) in [5.41, 5.74) is 5.99. The molecular weight excluding hydrogens is 206 g/mol. The molecule has 2 atom stereocenters. The quantitative estimate of drug-likeness (QED) is 0.429. The maximum Gasteiger partial charge on any atom is 0.124 e. The van der Waals surface area contributed by atoms with Crippen LogP contribution in [0.2, 0.25) is 0 Å². The zero-order chi connectivity index (χ0) is 8.85. The smallest absolute Gasteiger partial charge is 0.124 e. The number of hydrogen-bond acceptors (Lipinski definition) is 2. The minimum Gasteiger partial charge on any atom is -0.375 e. The molecule has 3 N–H and O–H groups in total. The first-order valence-corrected chi connectivity index (χ1v) is 4.36. The van der Waals surface area contributed by atoms with E-state index in [1.54, 1.807) is 6.92 Å². The van der Waals surface area contributed by atoms with Crippen LogP contribution in [0.25, 0.3) is 0 Å². The summed E-state index contributed by atoms with van der Waals surface area (Å²) in [6.07, 6.45) is 3.68. The normalized spacial score (nSPS) is 17.6. The molecule has 0 radical (unpaired) electrons. The van der Waals surface area contributed by atoms with Gasteiger partial charge in [0.15, 0.2) is 0 Å². The Balaban J connectivity index is 3.95. The molecule has 2 nitrogen and oxygen atoms in total. The van der Waals surface area contributed by atoms with Crippen molar-refractivity contribution in [2.45, 2.75) is 24.4 Å². The van der Waals surface area contributed by atoms with E-state index in [1.165, 1.54) is 0 Å². The Labute approximate surface area is 75.9 Å². The van der Waals surface area contributed by atoms with Crippen molar-refractivity contribution < 1.29 is 5.11 Å². The summed E-state index contributed by atoms with van der Waals surface area (Å²) >= 11 is 3.39. The Kier molecular flexibility index (Phi) is 5.46. The summed E-state index contributed by atoms with van der Waals surface area (Å²) in [6, 6.07) is 0. The van der Waals surface area contributed by atoms with Gasteiger partial charge >= 0.3 is 0 Å². The second kappa shape index (κ2) is 5.52. The van der Waals surface area contributed by atoms with Crippen molar-refractivity contribution in [1.29, 1.82) is 0 Å². The number of halogens is 1. The van der Waals surface area contributed by atoms with E-state index >= 15 is 0 Å². The highest BCUT2D eigenvalue weighted by Crippen LogP contribution is 2.10. The molecule has 0 spiro atoms. The maximum atomic E-state index is 8.90. The number of aliphatic hydroxyl groups is 1. The lowest BCUT2D eigenvalue weighted by molar-refractivity contribution is 0.219. The number of aliphatic hydroxyl groups excluding tert-OH is 1. The van der Waals surface area contributed by atoms with E-state index in [9.17, 15) is 0 Å². The molecular formula is C8H14BrNO. The van der Waals surface area contributed by atoms with Crippen LogP contribution in [0.5, 0.6) is 0 Å². The zero-order valence-electron chi connectivity index (χ0n) is 6.63. The zero-order valence-corrected chi connectivity index (χ0v) is 8.21. The van der Waals surface area contributed by atoms with E-state index in [0.29, 0.717) is 0 Å². The molecule has 0 heterocycles. The standard InChI is InChI=1S/C8H14BrNO/c1-3-4-7(9)5-6(2)8(10)11/h3,5,7-8,11H,1,4,10H2,2H3. The predicted molar refractivity (Wildman–Crippen MR) is 51.5 cm³/mol. The van der Waals surface area contributed by atoms with Gasteiger partial charge in [-0.2, -0.15) is 0 Å². The van der Waals surface area contributed by atoms with Crippen LogP contribution < -0.4 is 5.73 Å². The van der Waals surface area contributed by atoms with Crippen LogP contribution in [-0.4, -0.2) is 16.2 Å². The summed E-state index contributed by atoms with van der Waals surface area (Å²) < 4.78 is 0. The Bertz CT molecular complexity index is 154. The van der Waals surface area contributed by atoms with Crippen molar-refractivity contribution in [2.24, 2.45) is 5.73 Å². The summed E-state index contributed by atoms with van der Waals surface area (Å²) in [6.45, 7) is 5.39. The predicted octanol–water partition coefficient (Wildman–Crippen LogP) is 1.55. The van der Waals surface area contributed by atoms with Gasteiger partial charge in [-0.05, 0) is 18.9 Å². The van der Waals surface area contributed by atoms with Gasteiger partial charge in [0, 0.05) is 4.83 Å².